The molecule has 0 fully saturated rings. The maximum atomic E-state index is 5.33. The van der Waals surface area contributed by atoms with E-state index in [1.54, 1.807) is 0 Å². The molecule has 0 aromatic rings. The molecule has 0 saturated carbocycles. The average molecular weight is 147 g/mol. The van der Waals surface area contributed by atoms with E-state index in [-0.39, 0.29) is 14.6 Å². The van der Waals surface area contributed by atoms with Crippen molar-refractivity contribution in [1.29, 1.82) is 0 Å². The summed E-state index contributed by atoms with van der Waals surface area (Å²) in [6.45, 7) is 9.52. The first-order valence-corrected chi connectivity index (χ1v) is 3.86. The predicted molar refractivity (Wildman–Crippen MR) is 43.3 cm³/mol. The van der Waals surface area contributed by atoms with Gasteiger partial charge in [-0.25, -0.2) is 0 Å². The van der Waals surface area contributed by atoms with Gasteiger partial charge in [-0.15, -0.1) is 0 Å². The predicted octanol–water partition coefficient (Wildman–Crippen LogP) is 2.40. The lowest BCUT2D eigenvalue weighted by atomic mass is 10.1. The molecule has 1 unspecified atom stereocenters. The summed E-state index contributed by atoms with van der Waals surface area (Å²) in [5.41, 5.74) is -0.0281. The second kappa shape index (κ2) is 3.97. The van der Waals surface area contributed by atoms with Crippen molar-refractivity contribution >= 4 is 15.7 Å². The minimum absolute atomic E-state index is 0.0281. The molecule has 1 atom stereocenters. The van der Waals surface area contributed by atoms with Crippen molar-refractivity contribution < 1.29 is 4.52 Å². The minimum Gasteiger partial charge on any atom is -0.334 e. The summed E-state index contributed by atoms with van der Waals surface area (Å²) in [7, 11) is 0.187. The first-order valence-electron chi connectivity index (χ1n) is 3.01. The van der Waals surface area contributed by atoms with Crippen LogP contribution in [0.15, 0.2) is 4.76 Å². The molecule has 0 heterocycles. The monoisotopic (exact) mass is 147 g/mol. The SMILES string of the molecule is C=NPOC(C)(C)CC. The van der Waals surface area contributed by atoms with Crippen LogP contribution in [0.3, 0.4) is 0 Å². The molecule has 0 bridgehead atoms. The van der Waals surface area contributed by atoms with Gasteiger partial charge < -0.3 is 4.52 Å². The van der Waals surface area contributed by atoms with Gasteiger partial charge in [0.2, 0.25) is 0 Å². The van der Waals surface area contributed by atoms with Crippen molar-refractivity contribution in [1.82, 2.24) is 0 Å². The summed E-state index contributed by atoms with van der Waals surface area (Å²) in [5, 5.41) is 0. The Kier molecular flexibility index (Phi) is 4.00. The zero-order valence-electron chi connectivity index (χ0n) is 6.27. The van der Waals surface area contributed by atoms with E-state index < -0.39 is 0 Å². The van der Waals surface area contributed by atoms with Crippen LogP contribution in [0.2, 0.25) is 0 Å². The Bertz CT molecular complexity index is 93.1. The summed E-state index contributed by atoms with van der Waals surface area (Å²) in [4.78, 5) is 0. The highest BCUT2D eigenvalue weighted by Gasteiger charge is 2.13. The molecular weight excluding hydrogens is 133 g/mol. The van der Waals surface area contributed by atoms with Gasteiger partial charge in [0.25, 0.3) is 0 Å². The fourth-order valence-corrected chi connectivity index (χ4v) is 0.684. The zero-order valence-corrected chi connectivity index (χ0v) is 7.27. The zero-order chi connectivity index (χ0) is 7.33. The van der Waals surface area contributed by atoms with Crippen LogP contribution >= 0.6 is 8.96 Å². The second-order valence-electron chi connectivity index (χ2n) is 2.46. The standard InChI is InChI=1S/C6H14NOP/c1-5-6(2,3)8-9-7-4/h9H,4-5H2,1-3H3. The topological polar surface area (TPSA) is 21.6 Å². The van der Waals surface area contributed by atoms with Gasteiger partial charge in [-0.2, -0.15) is 0 Å². The molecule has 0 aliphatic carbocycles. The van der Waals surface area contributed by atoms with Gasteiger partial charge in [0.15, 0.2) is 0 Å². The van der Waals surface area contributed by atoms with E-state index in [0.29, 0.717) is 0 Å². The van der Waals surface area contributed by atoms with Gasteiger partial charge >= 0.3 is 0 Å². The summed E-state index contributed by atoms with van der Waals surface area (Å²) in [5.74, 6) is 0. The van der Waals surface area contributed by atoms with Crippen LogP contribution < -0.4 is 0 Å². The van der Waals surface area contributed by atoms with E-state index in [2.05, 4.69) is 18.4 Å². The van der Waals surface area contributed by atoms with Crippen LogP contribution in [0.1, 0.15) is 27.2 Å². The molecule has 0 amide bonds. The molecule has 0 N–H and O–H groups in total. The molecule has 0 aromatic carbocycles. The van der Waals surface area contributed by atoms with Gasteiger partial charge in [0.05, 0.1) is 5.60 Å². The molecule has 3 heteroatoms. The minimum atomic E-state index is -0.0281. The van der Waals surface area contributed by atoms with Crippen LogP contribution in [0.5, 0.6) is 0 Å². The first kappa shape index (κ1) is 9.06. The first-order chi connectivity index (χ1) is 4.12. The summed E-state index contributed by atoms with van der Waals surface area (Å²) < 4.78 is 8.95. The Morgan fingerprint density at radius 1 is 1.67 bits per heavy atom. The second-order valence-corrected chi connectivity index (χ2v) is 3.17. The van der Waals surface area contributed by atoms with E-state index in [4.69, 9.17) is 4.52 Å². The van der Waals surface area contributed by atoms with Crippen LogP contribution in [0.4, 0.5) is 0 Å². The Balaban J connectivity index is 3.44. The van der Waals surface area contributed by atoms with E-state index in [0.717, 1.165) is 6.42 Å². The maximum absolute atomic E-state index is 5.33. The van der Waals surface area contributed by atoms with Crippen LogP contribution in [0.25, 0.3) is 0 Å². The van der Waals surface area contributed by atoms with Crippen LogP contribution in [-0.4, -0.2) is 12.3 Å². The average Bonchev–Trinajstić information content (AvgIpc) is 1.84. The van der Waals surface area contributed by atoms with Gasteiger partial charge in [-0.05, 0) is 27.0 Å². The Labute approximate surface area is 58.6 Å². The van der Waals surface area contributed by atoms with Crippen molar-refractivity contribution in [3.63, 3.8) is 0 Å². The lowest BCUT2D eigenvalue weighted by molar-refractivity contribution is 0.129. The quantitative estimate of drug-likeness (QED) is 0.442. The normalized spacial score (nSPS) is 12.8. The molecule has 0 rings (SSSR count). The smallest absolute Gasteiger partial charge is 0.136 e. The number of rotatable bonds is 4. The number of hydrogen-bond donors (Lipinski definition) is 0. The molecule has 0 saturated heterocycles. The van der Waals surface area contributed by atoms with E-state index in [9.17, 15) is 0 Å². The molecule has 0 aliphatic rings. The summed E-state index contributed by atoms with van der Waals surface area (Å²) in [6, 6.07) is 0. The summed E-state index contributed by atoms with van der Waals surface area (Å²) in [6.07, 6.45) is 1.01. The van der Waals surface area contributed by atoms with Gasteiger partial charge in [-0.3, -0.25) is 4.76 Å². The highest BCUT2D eigenvalue weighted by atomic mass is 31.1. The van der Waals surface area contributed by atoms with E-state index in [1.165, 1.54) is 0 Å². The largest absolute Gasteiger partial charge is 0.334 e. The lowest BCUT2D eigenvalue weighted by Crippen LogP contribution is -2.18. The highest BCUT2D eigenvalue weighted by Crippen LogP contribution is 2.25. The molecule has 0 spiro atoms. The molecule has 54 valence electrons. The van der Waals surface area contributed by atoms with Gasteiger partial charge in [0, 0.05) is 0 Å². The third-order valence-electron chi connectivity index (χ3n) is 1.24. The Morgan fingerprint density at radius 3 is 2.56 bits per heavy atom. The lowest BCUT2D eigenvalue weighted by Gasteiger charge is -2.20. The third kappa shape index (κ3) is 4.56. The van der Waals surface area contributed by atoms with E-state index in [1.807, 2.05) is 13.8 Å². The van der Waals surface area contributed by atoms with Crippen LogP contribution in [0, 0.1) is 0 Å². The van der Waals surface area contributed by atoms with Crippen molar-refractivity contribution in [2.75, 3.05) is 0 Å². The fourth-order valence-electron chi connectivity index (χ4n) is 0.228. The van der Waals surface area contributed by atoms with Gasteiger partial charge in [-0.1, -0.05) is 6.92 Å². The van der Waals surface area contributed by atoms with Gasteiger partial charge in [0.1, 0.15) is 8.96 Å². The van der Waals surface area contributed by atoms with Crippen molar-refractivity contribution in [3.05, 3.63) is 0 Å². The van der Waals surface area contributed by atoms with Crippen molar-refractivity contribution in [3.8, 4) is 0 Å². The van der Waals surface area contributed by atoms with Crippen molar-refractivity contribution in [2.24, 2.45) is 4.76 Å². The molecular formula is C6H14NOP. The molecule has 0 aromatic heterocycles. The number of hydrogen-bond acceptors (Lipinski definition) is 2. The Hall–Kier alpha value is 0.0600. The summed E-state index contributed by atoms with van der Waals surface area (Å²) >= 11 is 0. The number of nitrogens with zero attached hydrogens (tertiary/aromatic N) is 1. The molecule has 2 nitrogen and oxygen atoms in total. The highest BCUT2D eigenvalue weighted by molar-refractivity contribution is 7.30. The Morgan fingerprint density at radius 2 is 2.22 bits per heavy atom. The van der Waals surface area contributed by atoms with Crippen molar-refractivity contribution in [2.45, 2.75) is 32.8 Å². The van der Waals surface area contributed by atoms with Crippen LogP contribution in [-0.2, 0) is 4.52 Å². The molecule has 0 radical (unpaired) electrons. The maximum Gasteiger partial charge on any atom is 0.136 e. The van der Waals surface area contributed by atoms with E-state index >= 15 is 0 Å². The fraction of sp³-hybridized carbons (Fsp3) is 0.833. The third-order valence-corrected chi connectivity index (χ3v) is 2.01. The molecule has 0 aliphatic heterocycles. The molecule has 9 heavy (non-hydrogen) atoms.